The first-order valence-electron chi connectivity index (χ1n) is 9.37. The zero-order chi connectivity index (χ0) is 19.2. The van der Waals surface area contributed by atoms with Crippen molar-refractivity contribution in [2.75, 3.05) is 11.9 Å². The lowest BCUT2D eigenvalue weighted by molar-refractivity contribution is 0.0949. The van der Waals surface area contributed by atoms with Crippen molar-refractivity contribution in [2.45, 2.75) is 46.0 Å². The van der Waals surface area contributed by atoms with Gasteiger partial charge in [0.15, 0.2) is 0 Å². The number of nitrogens with one attached hydrogen (secondary N) is 2. The standard InChI is InChI=1S/C21H25ClN4O/c1-14-13-19(20(27)23-12-11-16-7-4-3-5-8-16)26-21(24-14)25-18-10-6-9-17(22)15(18)2/h6-7,9-10,13H,3-5,8,11-12H2,1-2H3,(H,23,27)(H,24,25,26). The number of carbonyl (C=O) groups is 1. The Labute approximate surface area is 165 Å². The Hall–Kier alpha value is -2.40. The van der Waals surface area contributed by atoms with Crippen LogP contribution in [0.3, 0.4) is 0 Å². The zero-order valence-corrected chi connectivity index (χ0v) is 16.6. The van der Waals surface area contributed by atoms with Crippen molar-refractivity contribution in [3.05, 3.63) is 57.9 Å². The molecule has 0 saturated heterocycles. The minimum Gasteiger partial charge on any atom is -0.350 e. The molecule has 142 valence electrons. The van der Waals surface area contributed by atoms with Crippen LogP contribution in [0.5, 0.6) is 0 Å². The van der Waals surface area contributed by atoms with Gasteiger partial charge in [-0.15, -0.1) is 0 Å². The molecule has 1 aliphatic carbocycles. The highest BCUT2D eigenvalue weighted by molar-refractivity contribution is 6.31. The summed E-state index contributed by atoms with van der Waals surface area (Å²) >= 11 is 6.16. The number of allylic oxidation sites excluding steroid dienone is 1. The first kappa shape index (κ1) is 19.4. The molecule has 27 heavy (non-hydrogen) atoms. The largest absolute Gasteiger partial charge is 0.350 e. The van der Waals surface area contributed by atoms with Gasteiger partial charge in [-0.25, -0.2) is 9.97 Å². The number of carbonyl (C=O) groups excluding carboxylic acids is 1. The fourth-order valence-electron chi connectivity index (χ4n) is 3.16. The molecular formula is C21H25ClN4O. The summed E-state index contributed by atoms with van der Waals surface area (Å²) in [6.07, 6.45) is 8.05. The van der Waals surface area contributed by atoms with Gasteiger partial charge in [0, 0.05) is 22.9 Å². The maximum Gasteiger partial charge on any atom is 0.270 e. The molecule has 0 bridgehead atoms. The second-order valence-corrected chi connectivity index (χ2v) is 7.28. The van der Waals surface area contributed by atoms with Crippen LogP contribution in [0.2, 0.25) is 5.02 Å². The molecule has 0 atom stereocenters. The highest BCUT2D eigenvalue weighted by Crippen LogP contribution is 2.25. The van der Waals surface area contributed by atoms with Crippen LogP contribution in [0.15, 0.2) is 35.9 Å². The summed E-state index contributed by atoms with van der Waals surface area (Å²) in [4.78, 5) is 21.2. The first-order chi connectivity index (χ1) is 13.0. The number of anilines is 2. The van der Waals surface area contributed by atoms with Crippen LogP contribution >= 0.6 is 11.6 Å². The van der Waals surface area contributed by atoms with Gasteiger partial charge in [0.05, 0.1) is 0 Å². The molecule has 0 saturated carbocycles. The van der Waals surface area contributed by atoms with Gasteiger partial charge in [-0.3, -0.25) is 4.79 Å². The fraction of sp³-hybridized carbons (Fsp3) is 0.381. The van der Waals surface area contributed by atoms with E-state index in [-0.39, 0.29) is 5.91 Å². The number of halogens is 1. The maximum atomic E-state index is 12.5. The molecule has 2 N–H and O–H groups in total. The van der Waals surface area contributed by atoms with Crippen LogP contribution in [-0.4, -0.2) is 22.4 Å². The third-order valence-electron chi connectivity index (χ3n) is 4.72. The lowest BCUT2D eigenvalue weighted by Gasteiger charge is -2.13. The molecule has 0 aliphatic heterocycles. The van der Waals surface area contributed by atoms with Crippen molar-refractivity contribution in [1.82, 2.24) is 15.3 Å². The van der Waals surface area contributed by atoms with Crippen LogP contribution in [0.1, 0.15) is 53.8 Å². The number of nitrogens with zero attached hydrogens (tertiary/aromatic N) is 2. The monoisotopic (exact) mass is 384 g/mol. The Bertz CT molecular complexity index is 863. The van der Waals surface area contributed by atoms with Crippen LogP contribution in [-0.2, 0) is 0 Å². The molecule has 0 radical (unpaired) electrons. The number of aromatic nitrogens is 2. The summed E-state index contributed by atoms with van der Waals surface area (Å²) in [5.41, 5.74) is 4.27. The average Bonchev–Trinajstić information content (AvgIpc) is 2.66. The first-order valence-corrected chi connectivity index (χ1v) is 9.74. The van der Waals surface area contributed by atoms with Gasteiger partial charge in [0.2, 0.25) is 5.95 Å². The molecule has 1 aliphatic rings. The van der Waals surface area contributed by atoms with Gasteiger partial charge in [0.1, 0.15) is 5.69 Å². The van der Waals surface area contributed by atoms with Crippen molar-refractivity contribution in [2.24, 2.45) is 0 Å². The van der Waals surface area contributed by atoms with Crippen molar-refractivity contribution in [3.8, 4) is 0 Å². The number of hydrogen-bond donors (Lipinski definition) is 2. The van der Waals surface area contributed by atoms with Crippen LogP contribution in [0.25, 0.3) is 0 Å². The number of aryl methyl sites for hydroxylation is 1. The summed E-state index contributed by atoms with van der Waals surface area (Å²) < 4.78 is 0. The molecule has 0 fully saturated rings. The van der Waals surface area contributed by atoms with E-state index < -0.39 is 0 Å². The van der Waals surface area contributed by atoms with E-state index in [0.717, 1.165) is 36.2 Å². The van der Waals surface area contributed by atoms with E-state index in [9.17, 15) is 4.79 Å². The second-order valence-electron chi connectivity index (χ2n) is 6.87. The fourth-order valence-corrected chi connectivity index (χ4v) is 3.34. The molecule has 3 rings (SSSR count). The molecule has 5 nitrogen and oxygen atoms in total. The van der Waals surface area contributed by atoms with E-state index in [4.69, 9.17) is 11.6 Å². The Balaban J connectivity index is 1.66. The molecule has 1 amide bonds. The molecule has 6 heteroatoms. The number of hydrogen-bond acceptors (Lipinski definition) is 4. The van der Waals surface area contributed by atoms with E-state index in [0.29, 0.717) is 23.2 Å². The van der Waals surface area contributed by atoms with Gasteiger partial charge in [-0.1, -0.05) is 29.3 Å². The molecule has 0 unspecified atom stereocenters. The predicted octanol–water partition coefficient (Wildman–Crippen LogP) is 5.11. The lowest BCUT2D eigenvalue weighted by atomic mass is 9.97. The van der Waals surface area contributed by atoms with Crippen molar-refractivity contribution in [1.29, 1.82) is 0 Å². The van der Waals surface area contributed by atoms with Gasteiger partial charge >= 0.3 is 0 Å². The zero-order valence-electron chi connectivity index (χ0n) is 15.8. The van der Waals surface area contributed by atoms with Gasteiger partial charge in [-0.05, 0) is 69.7 Å². The van der Waals surface area contributed by atoms with Gasteiger partial charge < -0.3 is 10.6 Å². The number of amides is 1. The van der Waals surface area contributed by atoms with E-state index >= 15 is 0 Å². The van der Waals surface area contributed by atoms with Crippen LogP contribution in [0.4, 0.5) is 11.6 Å². The van der Waals surface area contributed by atoms with Crippen molar-refractivity contribution >= 4 is 29.1 Å². The lowest BCUT2D eigenvalue weighted by Crippen LogP contribution is -2.26. The van der Waals surface area contributed by atoms with Gasteiger partial charge in [0.25, 0.3) is 5.91 Å². The quantitative estimate of drug-likeness (QED) is 0.679. The topological polar surface area (TPSA) is 66.9 Å². The number of rotatable bonds is 6. The third-order valence-corrected chi connectivity index (χ3v) is 5.13. The summed E-state index contributed by atoms with van der Waals surface area (Å²) in [5, 5.41) is 6.80. The summed E-state index contributed by atoms with van der Waals surface area (Å²) in [6, 6.07) is 7.30. The van der Waals surface area contributed by atoms with Gasteiger partial charge in [-0.2, -0.15) is 0 Å². The highest BCUT2D eigenvalue weighted by Gasteiger charge is 2.12. The minimum atomic E-state index is -0.178. The second kappa shape index (κ2) is 9.00. The summed E-state index contributed by atoms with van der Waals surface area (Å²) in [6.45, 7) is 4.40. The van der Waals surface area contributed by atoms with Crippen LogP contribution < -0.4 is 10.6 Å². The Morgan fingerprint density at radius 1 is 1.22 bits per heavy atom. The predicted molar refractivity (Wildman–Crippen MR) is 110 cm³/mol. The molecule has 2 aromatic rings. The Morgan fingerprint density at radius 3 is 2.85 bits per heavy atom. The molecular weight excluding hydrogens is 360 g/mol. The molecule has 1 aromatic carbocycles. The normalized spacial score (nSPS) is 13.8. The van der Waals surface area contributed by atoms with E-state index in [1.54, 1.807) is 6.07 Å². The third kappa shape index (κ3) is 5.30. The van der Waals surface area contributed by atoms with Crippen molar-refractivity contribution in [3.63, 3.8) is 0 Å². The van der Waals surface area contributed by atoms with Crippen LogP contribution in [0, 0.1) is 13.8 Å². The number of benzene rings is 1. The Morgan fingerprint density at radius 2 is 2.07 bits per heavy atom. The molecule has 1 aromatic heterocycles. The SMILES string of the molecule is Cc1cc(C(=O)NCCC2=CCCCC2)nc(Nc2cccc(Cl)c2C)n1. The maximum absolute atomic E-state index is 12.5. The van der Waals surface area contributed by atoms with Crippen molar-refractivity contribution < 1.29 is 4.79 Å². The summed E-state index contributed by atoms with van der Waals surface area (Å²) in [7, 11) is 0. The molecule has 0 spiro atoms. The van der Waals surface area contributed by atoms with E-state index in [1.165, 1.54) is 18.4 Å². The average molecular weight is 385 g/mol. The highest BCUT2D eigenvalue weighted by atomic mass is 35.5. The Kier molecular flexibility index (Phi) is 6.45. The molecule has 1 heterocycles. The minimum absolute atomic E-state index is 0.178. The summed E-state index contributed by atoms with van der Waals surface area (Å²) in [5.74, 6) is 0.211. The van der Waals surface area contributed by atoms with E-state index in [1.807, 2.05) is 32.0 Å². The van der Waals surface area contributed by atoms with E-state index in [2.05, 4.69) is 26.7 Å². The smallest absolute Gasteiger partial charge is 0.270 e.